The van der Waals surface area contributed by atoms with Crippen LogP contribution in [0.4, 0.5) is 9.59 Å². The van der Waals surface area contributed by atoms with E-state index in [0.717, 1.165) is 34.2 Å². The number of hydrogen-bond donors (Lipinski definition) is 3. The lowest BCUT2D eigenvalue weighted by Crippen LogP contribution is -2.53. The average molecular weight is 686 g/mol. The van der Waals surface area contributed by atoms with Gasteiger partial charge in [0.05, 0.1) is 40.8 Å². The van der Waals surface area contributed by atoms with Gasteiger partial charge in [0.1, 0.15) is 12.6 Å². The fourth-order valence-electron chi connectivity index (χ4n) is 5.11. The summed E-state index contributed by atoms with van der Waals surface area (Å²) in [6.45, 7) is 8.68. The molecule has 4 rings (SSSR count). The van der Waals surface area contributed by atoms with Crippen LogP contribution in [0.5, 0.6) is 0 Å². The third kappa shape index (κ3) is 12.9. The molecule has 256 valence electrons. The number of amides is 4. The molecule has 3 aromatic rings. The Labute approximate surface area is 285 Å². The third-order valence-corrected chi connectivity index (χ3v) is 9.71. The van der Waals surface area contributed by atoms with Gasteiger partial charge >= 0.3 is 12.1 Å². The van der Waals surface area contributed by atoms with Crippen LogP contribution >= 0.6 is 22.7 Å². The van der Waals surface area contributed by atoms with Crippen molar-refractivity contribution in [3.8, 4) is 0 Å². The van der Waals surface area contributed by atoms with Gasteiger partial charge in [-0.3, -0.25) is 14.7 Å². The summed E-state index contributed by atoms with van der Waals surface area (Å²) >= 11 is 3.02. The zero-order valence-electron chi connectivity index (χ0n) is 27.5. The van der Waals surface area contributed by atoms with E-state index < -0.39 is 12.1 Å². The smallest absolute Gasteiger partial charge is 0.407 e. The number of nitrogens with one attached hydrogen (secondary N) is 3. The van der Waals surface area contributed by atoms with Crippen molar-refractivity contribution in [1.29, 1.82) is 0 Å². The van der Waals surface area contributed by atoms with E-state index in [1.165, 1.54) is 11.3 Å². The lowest BCUT2D eigenvalue weighted by atomic mass is 10.0. The lowest BCUT2D eigenvalue weighted by molar-refractivity contribution is -0.124. The first kappa shape index (κ1) is 36.2. The molecule has 1 fully saturated rings. The maximum Gasteiger partial charge on any atom is 0.407 e. The Morgan fingerprint density at radius 3 is 2.57 bits per heavy atom. The molecule has 2 atom stereocenters. The van der Waals surface area contributed by atoms with Crippen LogP contribution in [0.1, 0.15) is 60.2 Å². The van der Waals surface area contributed by atoms with Gasteiger partial charge in [0.15, 0.2) is 0 Å². The molecule has 0 radical (unpaired) electrons. The molecule has 1 aliphatic heterocycles. The molecule has 1 aromatic carbocycles. The molecule has 0 unspecified atom stereocenters. The molecule has 2 aromatic heterocycles. The van der Waals surface area contributed by atoms with Crippen molar-refractivity contribution in [3.05, 3.63) is 68.6 Å². The Morgan fingerprint density at radius 1 is 1.09 bits per heavy atom. The van der Waals surface area contributed by atoms with Crippen molar-refractivity contribution in [2.75, 3.05) is 46.4 Å². The summed E-state index contributed by atoms with van der Waals surface area (Å²) in [6, 6.07) is 8.71. The molecule has 14 heteroatoms. The van der Waals surface area contributed by atoms with E-state index in [-0.39, 0.29) is 24.6 Å². The highest BCUT2D eigenvalue weighted by Gasteiger charge is 2.26. The van der Waals surface area contributed by atoms with Gasteiger partial charge in [-0.05, 0) is 31.2 Å². The Bertz CT molecular complexity index is 1370. The first-order valence-electron chi connectivity index (χ1n) is 16.1. The standard InChI is InChI=1S/C33H47N7O5S2/c1-24(2)31-37-27(22-46-31)20-39(3)32(42)38-29(11-13-40-14-16-44-17-15-40)30(41)36-26(18-25-8-5-4-6-9-25)10-7-12-35-33(43)45-21-28-19-34-23-47-28/h4-6,8-9,19,22-24,26,29H,7,10-18,20-21H2,1-3H3,(H,35,43)(H,36,41)(H,38,42)/t26-,29+/m1/s1. The highest BCUT2D eigenvalue weighted by atomic mass is 32.1. The maximum atomic E-state index is 13.9. The molecule has 0 spiro atoms. The molecule has 0 saturated carbocycles. The topological polar surface area (TPSA) is 138 Å². The number of morpholine rings is 1. The van der Waals surface area contributed by atoms with E-state index >= 15 is 0 Å². The Balaban J connectivity index is 1.35. The molecule has 0 aliphatic carbocycles. The first-order chi connectivity index (χ1) is 22.8. The molecule has 1 saturated heterocycles. The number of hydrogen-bond acceptors (Lipinski definition) is 10. The summed E-state index contributed by atoms with van der Waals surface area (Å²) in [5, 5.41) is 12.0. The SMILES string of the molecule is CC(C)c1nc(CN(C)C(=O)N[C@@H](CCN2CCOCC2)C(=O)N[C@H](CCCNC(=O)OCc2cncs2)Cc2ccccc2)cs1. The van der Waals surface area contributed by atoms with Crippen molar-refractivity contribution >= 4 is 40.7 Å². The highest BCUT2D eigenvalue weighted by Crippen LogP contribution is 2.20. The summed E-state index contributed by atoms with van der Waals surface area (Å²) in [4.78, 5) is 52.7. The van der Waals surface area contributed by atoms with Gasteiger partial charge < -0.3 is 30.3 Å². The molecule has 1 aliphatic rings. The minimum absolute atomic E-state index is 0.179. The molecule has 47 heavy (non-hydrogen) atoms. The third-order valence-electron chi connectivity index (χ3n) is 7.76. The van der Waals surface area contributed by atoms with E-state index in [2.05, 4.69) is 44.7 Å². The van der Waals surface area contributed by atoms with Crippen molar-refractivity contribution < 1.29 is 23.9 Å². The fourth-order valence-corrected chi connectivity index (χ4v) is 6.44. The van der Waals surface area contributed by atoms with Gasteiger partial charge in [0.2, 0.25) is 5.91 Å². The molecule has 4 amide bonds. The van der Waals surface area contributed by atoms with Crippen LogP contribution in [0.3, 0.4) is 0 Å². The van der Waals surface area contributed by atoms with Gasteiger partial charge in [0.25, 0.3) is 0 Å². The summed E-state index contributed by atoms with van der Waals surface area (Å²) < 4.78 is 10.7. The Morgan fingerprint density at radius 2 is 1.87 bits per heavy atom. The largest absolute Gasteiger partial charge is 0.444 e. The van der Waals surface area contributed by atoms with E-state index in [0.29, 0.717) is 64.4 Å². The average Bonchev–Trinajstić information content (AvgIpc) is 3.77. The van der Waals surface area contributed by atoms with Crippen LogP contribution in [-0.4, -0.2) is 96.3 Å². The van der Waals surface area contributed by atoms with Crippen LogP contribution in [0, 0.1) is 0 Å². The quantitative estimate of drug-likeness (QED) is 0.178. The Kier molecular flexibility index (Phi) is 14.9. The number of aromatic nitrogens is 2. The fraction of sp³-hybridized carbons (Fsp3) is 0.545. The highest BCUT2D eigenvalue weighted by molar-refractivity contribution is 7.09. The number of carbonyl (C=O) groups is 3. The second kappa shape index (κ2) is 19.3. The molecule has 0 bridgehead atoms. The monoisotopic (exact) mass is 685 g/mol. The number of ether oxygens (including phenoxy) is 2. The van der Waals surface area contributed by atoms with Crippen LogP contribution in [-0.2, 0) is 33.8 Å². The predicted molar refractivity (Wildman–Crippen MR) is 183 cm³/mol. The van der Waals surface area contributed by atoms with E-state index in [9.17, 15) is 14.4 Å². The van der Waals surface area contributed by atoms with Crippen molar-refractivity contribution in [3.63, 3.8) is 0 Å². The predicted octanol–water partition coefficient (Wildman–Crippen LogP) is 4.39. The summed E-state index contributed by atoms with van der Waals surface area (Å²) in [6.07, 6.45) is 3.52. The number of nitrogens with zero attached hydrogens (tertiary/aromatic N) is 4. The second-order valence-corrected chi connectivity index (χ2v) is 13.8. The second-order valence-electron chi connectivity index (χ2n) is 11.9. The Hall–Kier alpha value is -3.59. The van der Waals surface area contributed by atoms with Crippen LogP contribution in [0.15, 0.2) is 47.4 Å². The minimum Gasteiger partial charge on any atom is -0.444 e. The maximum absolute atomic E-state index is 13.9. The number of alkyl carbamates (subject to hydrolysis) is 1. The number of carbonyl (C=O) groups excluding carboxylic acids is 3. The van der Waals surface area contributed by atoms with Crippen LogP contribution < -0.4 is 16.0 Å². The lowest BCUT2D eigenvalue weighted by Gasteiger charge is -2.30. The van der Waals surface area contributed by atoms with Gasteiger partial charge in [-0.15, -0.1) is 22.7 Å². The van der Waals surface area contributed by atoms with Gasteiger partial charge in [-0.1, -0.05) is 44.2 Å². The summed E-state index contributed by atoms with van der Waals surface area (Å²) in [5.41, 5.74) is 3.61. The molecule has 12 nitrogen and oxygen atoms in total. The van der Waals surface area contributed by atoms with E-state index in [1.807, 2.05) is 35.7 Å². The zero-order chi connectivity index (χ0) is 33.4. The number of thiazole rings is 2. The van der Waals surface area contributed by atoms with Crippen molar-refractivity contribution in [2.45, 2.75) is 70.7 Å². The van der Waals surface area contributed by atoms with E-state index in [4.69, 9.17) is 9.47 Å². The normalized spacial score (nSPS) is 14.7. The van der Waals surface area contributed by atoms with Crippen molar-refractivity contribution in [2.24, 2.45) is 0 Å². The number of benzene rings is 1. The first-order valence-corrected chi connectivity index (χ1v) is 17.9. The number of urea groups is 1. The van der Waals surface area contributed by atoms with Crippen molar-refractivity contribution in [1.82, 2.24) is 35.7 Å². The zero-order valence-corrected chi connectivity index (χ0v) is 29.1. The van der Waals surface area contributed by atoms with Gasteiger partial charge in [-0.25, -0.2) is 14.6 Å². The van der Waals surface area contributed by atoms with Crippen LogP contribution in [0.25, 0.3) is 0 Å². The molecular weight excluding hydrogens is 639 g/mol. The van der Waals surface area contributed by atoms with E-state index in [1.54, 1.807) is 35.0 Å². The summed E-state index contributed by atoms with van der Waals surface area (Å²) in [5.74, 6) is 0.0948. The van der Waals surface area contributed by atoms with Gasteiger partial charge in [-0.2, -0.15) is 0 Å². The molecule has 3 N–H and O–H groups in total. The molecular formula is C33H47N7O5S2. The van der Waals surface area contributed by atoms with Gasteiger partial charge in [0, 0.05) is 56.8 Å². The van der Waals surface area contributed by atoms with Crippen LogP contribution in [0.2, 0.25) is 0 Å². The number of rotatable bonds is 17. The summed E-state index contributed by atoms with van der Waals surface area (Å²) in [7, 11) is 1.72. The minimum atomic E-state index is -0.729. The molecule has 3 heterocycles.